The molecule has 0 saturated heterocycles. The summed E-state index contributed by atoms with van der Waals surface area (Å²) in [5, 5.41) is 17.6. The van der Waals surface area contributed by atoms with E-state index in [-0.39, 0.29) is 11.1 Å². The van der Waals surface area contributed by atoms with E-state index in [9.17, 15) is 4.39 Å². The zero-order valence-electron chi connectivity index (χ0n) is 8.27. The molecule has 3 heteroatoms. The average Bonchev–Trinajstić information content (AvgIpc) is 2.17. The van der Waals surface area contributed by atoms with Gasteiger partial charge in [-0.25, -0.2) is 4.39 Å². The second-order valence-electron chi connectivity index (χ2n) is 3.16. The molecule has 0 bridgehead atoms. The van der Waals surface area contributed by atoms with Gasteiger partial charge in [0.05, 0.1) is 17.2 Å². The number of benzene rings is 1. The Hall–Kier alpha value is -1.87. The summed E-state index contributed by atoms with van der Waals surface area (Å²) in [6, 6.07) is 3.76. The Morgan fingerprint density at radius 1 is 0.857 bits per heavy atom. The van der Waals surface area contributed by atoms with Crippen LogP contribution in [0.5, 0.6) is 0 Å². The first-order valence-corrected chi connectivity index (χ1v) is 4.14. The molecule has 0 spiro atoms. The van der Waals surface area contributed by atoms with Crippen molar-refractivity contribution in [2.24, 2.45) is 0 Å². The van der Waals surface area contributed by atoms with Crippen LogP contribution in [0.4, 0.5) is 4.39 Å². The lowest BCUT2D eigenvalue weighted by atomic mass is 9.94. The molecule has 0 aliphatic heterocycles. The van der Waals surface area contributed by atoms with E-state index in [4.69, 9.17) is 10.5 Å². The van der Waals surface area contributed by atoms with Crippen LogP contribution in [0, 0.1) is 49.3 Å². The van der Waals surface area contributed by atoms with Gasteiger partial charge >= 0.3 is 0 Å². The van der Waals surface area contributed by atoms with E-state index in [1.165, 1.54) is 6.92 Å². The van der Waals surface area contributed by atoms with E-state index in [2.05, 4.69) is 0 Å². The third-order valence-corrected chi connectivity index (χ3v) is 2.46. The first-order chi connectivity index (χ1) is 6.54. The fourth-order valence-corrected chi connectivity index (χ4v) is 1.42. The molecule has 0 amide bonds. The van der Waals surface area contributed by atoms with Crippen LogP contribution in [0.3, 0.4) is 0 Å². The fraction of sp³-hybridized carbons (Fsp3) is 0.273. The molecule has 0 saturated carbocycles. The molecule has 0 atom stereocenters. The van der Waals surface area contributed by atoms with E-state index < -0.39 is 5.82 Å². The molecule has 0 aromatic heterocycles. The maximum atomic E-state index is 13.5. The van der Waals surface area contributed by atoms with Gasteiger partial charge in [0, 0.05) is 5.56 Å². The lowest BCUT2D eigenvalue weighted by molar-refractivity contribution is 0.612. The van der Waals surface area contributed by atoms with Crippen molar-refractivity contribution >= 4 is 0 Å². The van der Waals surface area contributed by atoms with Gasteiger partial charge in [-0.3, -0.25) is 0 Å². The summed E-state index contributed by atoms with van der Waals surface area (Å²) in [5.74, 6) is -0.577. The maximum Gasteiger partial charge on any atom is 0.145 e. The number of rotatable bonds is 0. The van der Waals surface area contributed by atoms with Crippen LogP contribution >= 0.6 is 0 Å². The van der Waals surface area contributed by atoms with Gasteiger partial charge in [0.15, 0.2) is 0 Å². The third kappa shape index (κ3) is 1.24. The van der Waals surface area contributed by atoms with Crippen molar-refractivity contribution in [2.45, 2.75) is 20.8 Å². The zero-order chi connectivity index (χ0) is 10.9. The van der Waals surface area contributed by atoms with Gasteiger partial charge in [-0.2, -0.15) is 10.5 Å². The summed E-state index contributed by atoms with van der Waals surface area (Å²) in [6.45, 7) is 4.89. The molecule has 1 rings (SSSR count). The van der Waals surface area contributed by atoms with E-state index in [1.807, 2.05) is 12.1 Å². The van der Waals surface area contributed by atoms with Crippen molar-refractivity contribution in [1.29, 1.82) is 10.5 Å². The first-order valence-electron chi connectivity index (χ1n) is 4.14. The lowest BCUT2D eigenvalue weighted by Gasteiger charge is -2.09. The van der Waals surface area contributed by atoms with Gasteiger partial charge in [0.2, 0.25) is 0 Å². The fourth-order valence-electron chi connectivity index (χ4n) is 1.42. The Bertz CT molecular complexity index is 402. The van der Waals surface area contributed by atoms with Crippen LogP contribution in [-0.4, -0.2) is 0 Å². The number of nitrogens with zero attached hydrogens (tertiary/aromatic N) is 2. The van der Waals surface area contributed by atoms with Crippen LogP contribution in [0.1, 0.15) is 27.8 Å². The summed E-state index contributed by atoms with van der Waals surface area (Å²) in [5.41, 5.74) is 1.86. The SMILES string of the molecule is Cc1c(C)c(C#N)c(F)c(C)c1C#N. The van der Waals surface area contributed by atoms with Crippen molar-refractivity contribution in [3.63, 3.8) is 0 Å². The summed E-state index contributed by atoms with van der Waals surface area (Å²) >= 11 is 0. The number of nitriles is 2. The molecule has 0 radical (unpaired) electrons. The van der Waals surface area contributed by atoms with Crippen molar-refractivity contribution < 1.29 is 4.39 Å². The first kappa shape index (κ1) is 10.2. The van der Waals surface area contributed by atoms with Crippen LogP contribution < -0.4 is 0 Å². The molecule has 14 heavy (non-hydrogen) atoms. The summed E-state index contributed by atoms with van der Waals surface area (Å²) in [6.07, 6.45) is 0. The van der Waals surface area contributed by atoms with Crippen LogP contribution in [0.2, 0.25) is 0 Å². The number of halogens is 1. The van der Waals surface area contributed by atoms with Gasteiger partial charge < -0.3 is 0 Å². The quantitative estimate of drug-likeness (QED) is 0.628. The molecule has 0 aliphatic rings. The molecule has 2 nitrogen and oxygen atoms in total. The Morgan fingerprint density at radius 2 is 1.29 bits per heavy atom. The van der Waals surface area contributed by atoms with E-state index in [0.29, 0.717) is 16.7 Å². The third-order valence-electron chi connectivity index (χ3n) is 2.46. The van der Waals surface area contributed by atoms with Crippen LogP contribution in [0.15, 0.2) is 0 Å². The molecule has 0 unspecified atom stereocenters. The molecular formula is C11H9FN2. The van der Waals surface area contributed by atoms with Crippen LogP contribution in [-0.2, 0) is 0 Å². The summed E-state index contributed by atoms with van der Waals surface area (Å²) in [4.78, 5) is 0. The molecule has 0 N–H and O–H groups in total. The standard InChI is InChI=1S/C11H9FN2/c1-6-7(2)10(5-14)11(12)8(3)9(6)4-13/h1-3H3. The van der Waals surface area contributed by atoms with E-state index >= 15 is 0 Å². The Kier molecular flexibility index (Phi) is 2.53. The molecule has 70 valence electrons. The van der Waals surface area contributed by atoms with Crippen LogP contribution in [0.25, 0.3) is 0 Å². The van der Waals surface area contributed by atoms with Gasteiger partial charge in [-0.1, -0.05) is 0 Å². The highest BCUT2D eigenvalue weighted by atomic mass is 19.1. The predicted octanol–water partition coefficient (Wildman–Crippen LogP) is 2.49. The van der Waals surface area contributed by atoms with E-state index in [1.54, 1.807) is 13.8 Å². The van der Waals surface area contributed by atoms with Crippen molar-refractivity contribution in [3.05, 3.63) is 33.6 Å². The number of hydrogen-bond acceptors (Lipinski definition) is 2. The molecule has 0 aliphatic carbocycles. The minimum absolute atomic E-state index is 0.0407. The lowest BCUT2D eigenvalue weighted by Crippen LogP contribution is -2.01. The van der Waals surface area contributed by atoms with Gasteiger partial charge in [-0.15, -0.1) is 0 Å². The summed E-state index contributed by atoms with van der Waals surface area (Å²) in [7, 11) is 0. The van der Waals surface area contributed by atoms with Gasteiger partial charge in [0.1, 0.15) is 11.9 Å². The molecule has 0 heterocycles. The van der Waals surface area contributed by atoms with Crippen molar-refractivity contribution in [2.75, 3.05) is 0 Å². The topological polar surface area (TPSA) is 47.6 Å². The Morgan fingerprint density at radius 3 is 1.71 bits per heavy atom. The minimum atomic E-state index is -0.577. The second-order valence-corrected chi connectivity index (χ2v) is 3.16. The normalized spacial score (nSPS) is 9.29. The Balaban J connectivity index is 3.77. The van der Waals surface area contributed by atoms with E-state index in [0.717, 1.165) is 0 Å². The highest BCUT2D eigenvalue weighted by Gasteiger charge is 2.16. The Labute approximate surface area is 82.2 Å². The van der Waals surface area contributed by atoms with Crippen molar-refractivity contribution in [1.82, 2.24) is 0 Å². The molecule has 0 fully saturated rings. The smallest absolute Gasteiger partial charge is 0.145 e. The molecular weight excluding hydrogens is 179 g/mol. The monoisotopic (exact) mass is 188 g/mol. The predicted molar refractivity (Wildman–Crippen MR) is 50.0 cm³/mol. The largest absolute Gasteiger partial charge is 0.205 e. The van der Waals surface area contributed by atoms with Gasteiger partial charge in [-0.05, 0) is 31.9 Å². The molecule has 1 aromatic rings. The highest BCUT2D eigenvalue weighted by Crippen LogP contribution is 2.24. The summed E-state index contributed by atoms with van der Waals surface area (Å²) < 4.78 is 13.5. The average molecular weight is 188 g/mol. The maximum absolute atomic E-state index is 13.5. The van der Waals surface area contributed by atoms with Gasteiger partial charge in [0.25, 0.3) is 0 Å². The molecule has 1 aromatic carbocycles. The highest BCUT2D eigenvalue weighted by molar-refractivity contribution is 5.54. The van der Waals surface area contributed by atoms with Crippen molar-refractivity contribution in [3.8, 4) is 12.1 Å². The second kappa shape index (κ2) is 3.47. The zero-order valence-corrected chi connectivity index (χ0v) is 8.27. The number of hydrogen-bond donors (Lipinski definition) is 0. The minimum Gasteiger partial charge on any atom is -0.205 e.